The minimum Gasteiger partial charge on any atom is -0.381 e. The number of nitrogens with one attached hydrogen (secondary N) is 1. The van der Waals surface area contributed by atoms with Crippen LogP contribution in [0.15, 0.2) is 36.5 Å². The molecule has 3 heteroatoms. The lowest BCUT2D eigenvalue weighted by Crippen LogP contribution is -2.32. The van der Waals surface area contributed by atoms with E-state index in [0.717, 1.165) is 38.1 Å². The fraction of sp³-hybridized carbons (Fsp3) is 0.471. The van der Waals surface area contributed by atoms with Gasteiger partial charge in [-0.2, -0.15) is 0 Å². The zero-order valence-electron chi connectivity index (χ0n) is 12.0. The van der Waals surface area contributed by atoms with Crippen LogP contribution in [-0.4, -0.2) is 24.7 Å². The molecule has 1 N–H and O–H groups in total. The monoisotopic (exact) mass is 270 g/mol. The van der Waals surface area contributed by atoms with Crippen LogP contribution in [0.25, 0.3) is 10.9 Å². The van der Waals surface area contributed by atoms with Crippen molar-refractivity contribution in [1.29, 1.82) is 0 Å². The Bertz CT molecular complexity index is 564. The Morgan fingerprint density at radius 3 is 2.95 bits per heavy atom. The van der Waals surface area contributed by atoms with Gasteiger partial charge >= 0.3 is 0 Å². The number of fused-ring (bicyclic) bond motifs is 1. The molecule has 1 fully saturated rings. The fourth-order valence-electron chi connectivity index (χ4n) is 3.11. The Hall–Kier alpha value is -1.45. The lowest BCUT2D eigenvalue weighted by molar-refractivity contribution is 0.0538. The molecular formula is C17H22N2O. The predicted molar refractivity (Wildman–Crippen MR) is 81.7 cm³/mol. The molecule has 0 saturated carbocycles. The molecule has 1 aliphatic rings. The molecule has 1 unspecified atom stereocenters. The van der Waals surface area contributed by atoms with Crippen LogP contribution in [0.4, 0.5) is 0 Å². The first kappa shape index (κ1) is 13.5. The van der Waals surface area contributed by atoms with Gasteiger partial charge in [0, 0.05) is 30.8 Å². The quantitative estimate of drug-likeness (QED) is 0.925. The average molecular weight is 270 g/mol. The first-order valence-electron chi connectivity index (χ1n) is 7.54. The molecule has 0 radical (unpaired) electrons. The predicted octanol–water partition coefficient (Wildman–Crippen LogP) is 3.31. The SMILES string of the molecule is CCNC(c1ccc2ncccc2c1)C1CCOCC1. The van der Waals surface area contributed by atoms with E-state index >= 15 is 0 Å². The van der Waals surface area contributed by atoms with Gasteiger partial charge in [-0.1, -0.05) is 19.1 Å². The van der Waals surface area contributed by atoms with Gasteiger partial charge in [0.25, 0.3) is 0 Å². The zero-order valence-corrected chi connectivity index (χ0v) is 12.0. The van der Waals surface area contributed by atoms with Crippen LogP contribution in [0.2, 0.25) is 0 Å². The molecule has 1 aromatic carbocycles. The van der Waals surface area contributed by atoms with E-state index in [-0.39, 0.29) is 0 Å². The van der Waals surface area contributed by atoms with Crippen molar-refractivity contribution in [2.24, 2.45) is 5.92 Å². The smallest absolute Gasteiger partial charge is 0.0702 e. The molecular weight excluding hydrogens is 248 g/mol. The summed E-state index contributed by atoms with van der Waals surface area (Å²) >= 11 is 0. The van der Waals surface area contributed by atoms with Crippen LogP contribution in [0, 0.1) is 5.92 Å². The number of pyridine rings is 1. The van der Waals surface area contributed by atoms with Gasteiger partial charge in [0.15, 0.2) is 0 Å². The van der Waals surface area contributed by atoms with Crippen LogP contribution >= 0.6 is 0 Å². The van der Waals surface area contributed by atoms with E-state index in [4.69, 9.17) is 4.74 Å². The Balaban J connectivity index is 1.91. The third-order valence-electron chi connectivity index (χ3n) is 4.15. The summed E-state index contributed by atoms with van der Waals surface area (Å²) in [5, 5.41) is 4.88. The molecule has 0 bridgehead atoms. The first-order chi connectivity index (χ1) is 9.88. The van der Waals surface area contributed by atoms with E-state index in [1.807, 2.05) is 12.3 Å². The third kappa shape index (κ3) is 2.84. The van der Waals surface area contributed by atoms with E-state index in [9.17, 15) is 0 Å². The van der Waals surface area contributed by atoms with Gasteiger partial charge in [-0.3, -0.25) is 4.98 Å². The average Bonchev–Trinajstić information content (AvgIpc) is 2.53. The second kappa shape index (κ2) is 6.33. The number of nitrogens with zero attached hydrogens (tertiary/aromatic N) is 1. The third-order valence-corrected chi connectivity index (χ3v) is 4.15. The van der Waals surface area contributed by atoms with Crippen LogP contribution in [0.1, 0.15) is 31.4 Å². The van der Waals surface area contributed by atoms with Crippen molar-refractivity contribution in [3.63, 3.8) is 0 Å². The summed E-state index contributed by atoms with van der Waals surface area (Å²) in [6.07, 6.45) is 4.13. The number of hydrogen-bond acceptors (Lipinski definition) is 3. The van der Waals surface area contributed by atoms with Crippen LogP contribution < -0.4 is 5.32 Å². The van der Waals surface area contributed by atoms with Crippen molar-refractivity contribution in [3.05, 3.63) is 42.1 Å². The molecule has 2 aromatic rings. The topological polar surface area (TPSA) is 34.2 Å². The second-order valence-corrected chi connectivity index (χ2v) is 5.44. The summed E-state index contributed by atoms with van der Waals surface area (Å²) in [6.45, 7) is 4.95. The minimum absolute atomic E-state index is 0.425. The molecule has 3 rings (SSSR count). The Kier molecular flexibility index (Phi) is 4.28. The van der Waals surface area contributed by atoms with Gasteiger partial charge < -0.3 is 10.1 Å². The van der Waals surface area contributed by atoms with Crippen molar-refractivity contribution in [2.75, 3.05) is 19.8 Å². The first-order valence-corrected chi connectivity index (χ1v) is 7.54. The summed E-state index contributed by atoms with van der Waals surface area (Å²) in [7, 11) is 0. The van der Waals surface area contributed by atoms with Gasteiger partial charge in [0.1, 0.15) is 0 Å². The lowest BCUT2D eigenvalue weighted by Gasteiger charge is -2.31. The molecule has 1 aromatic heterocycles. The standard InChI is InChI=1S/C17H22N2O/c1-2-18-17(13-7-10-20-11-8-13)15-5-6-16-14(12-15)4-3-9-19-16/h3-6,9,12-13,17-18H,2,7-8,10-11H2,1H3. The highest BCUT2D eigenvalue weighted by Gasteiger charge is 2.24. The van der Waals surface area contributed by atoms with E-state index in [0.29, 0.717) is 12.0 Å². The second-order valence-electron chi connectivity index (χ2n) is 5.44. The highest BCUT2D eigenvalue weighted by Crippen LogP contribution is 2.31. The number of benzene rings is 1. The number of hydrogen-bond donors (Lipinski definition) is 1. The molecule has 0 aliphatic carbocycles. The summed E-state index contributed by atoms with van der Waals surface area (Å²) in [5.41, 5.74) is 2.44. The summed E-state index contributed by atoms with van der Waals surface area (Å²) < 4.78 is 5.50. The Labute approximate surface area is 120 Å². The van der Waals surface area contributed by atoms with Crippen molar-refractivity contribution >= 4 is 10.9 Å². The van der Waals surface area contributed by atoms with E-state index in [1.165, 1.54) is 10.9 Å². The number of ether oxygens (including phenoxy) is 1. The van der Waals surface area contributed by atoms with E-state index < -0.39 is 0 Å². The highest BCUT2D eigenvalue weighted by atomic mass is 16.5. The van der Waals surface area contributed by atoms with Crippen LogP contribution in [-0.2, 0) is 4.74 Å². The molecule has 0 amide bonds. The normalized spacial score (nSPS) is 18.2. The van der Waals surface area contributed by atoms with E-state index in [1.54, 1.807) is 0 Å². The van der Waals surface area contributed by atoms with Crippen molar-refractivity contribution < 1.29 is 4.74 Å². The van der Waals surface area contributed by atoms with Crippen LogP contribution in [0.5, 0.6) is 0 Å². The van der Waals surface area contributed by atoms with Gasteiger partial charge in [-0.15, -0.1) is 0 Å². The van der Waals surface area contributed by atoms with Crippen molar-refractivity contribution in [1.82, 2.24) is 10.3 Å². The zero-order chi connectivity index (χ0) is 13.8. The molecule has 1 aliphatic heterocycles. The Morgan fingerprint density at radius 1 is 1.30 bits per heavy atom. The molecule has 20 heavy (non-hydrogen) atoms. The molecule has 1 saturated heterocycles. The summed E-state index contributed by atoms with van der Waals surface area (Å²) in [6, 6.07) is 11.2. The van der Waals surface area contributed by atoms with E-state index in [2.05, 4.69) is 41.5 Å². The van der Waals surface area contributed by atoms with Gasteiger partial charge in [-0.05, 0) is 49.1 Å². The maximum Gasteiger partial charge on any atom is 0.0702 e. The maximum absolute atomic E-state index is 5.50. The molecule has 0 spiro atoms. The fourth-order valence-corrected chi connectivity index (χ4v) is 3.11. The Morgan fingerprint density at radius 2 is 2.15 bits per heavy atom. The molecule has 3 nitrogen and oxygen atoms in total. The van der Waals surface area contributed by atoms with Gasteiger partial charge in [-0.25, -0.2) is 0 Å². The van der Waals surface area contributed by atoms with Crippen LogP contribution in [0.3, 0.4) is 0 Å². The summed E-state index contributed by atoms with van der Waals surface area (Å²) in [4.78, 5) is 4.40. The molecule has 1 atom stereocenters. The van der Waals surface area contributed by atoms with Crippen molar-refractivity contribution in [2.45, 2.75) is 25.8 Å². The van der Waals surface area contributed by atoms with Gasteiger partial charge in [0.2, 0.25) is 0 Å². The highest BCUT2D eigenvalue weighted by molar-refractivity contribution is 5.79. The molecule has 106 valence electrons. The molecule has 2 heterocycles. The van der Waals surface area contributed by atoms with Crippen molar-refractivity contribution in [3.8, 4) is 0 Å². The maximum atomic E-state index is 5.50. The lowest BCUT2D eigenvalue weighted by atomic mass is 9.86. The summed E-state index contributed by atoms with van der Waals surface area (Å²) in [5.74, 6) is 0.665. The number of aromatic nitrogens is 1. The number of rotatable bonds is 4. The minimum atomic E-state index is 0.425. The van der Waals surface area contributed by atoms with Gasteiger partial charge in [0.05, 0.1) is 5.52 Å². The largest absolute Gasteiger partial charge is 0.381 e.